The van der Waals surface area contributed by atoms with Crippen molar-refractivity contribution in [3.63, 3.8) is 0 Å². The molecule has 224 valence electrons. The first-order valence-electron chi connectivity index (χ1n) is 15.3. The van der Waals surface area contributed by atoms with Gasteiger partial charge in [-0.1, -0.05) is 84.9 Å². The Morgan fingerprint density at radius 3 is 1.54 bits per heavy atom. The van der Waals surface area contributed by atoms with Crippen molar-refractivity contribution >= 4 is 21.8 Å². The van der Waals surface area contributed by atoms with Gasteiger partial charge in [-0.25, -0.2) is 19.3 Å². The van der Waals surface area contributed by atoms with Crippen LogP contribution in [-0.2, 0) is 0 Å². The Balaban J connectivity index is 1.44. The second-order valence-corrected chi connectivity index (χ2v) is 11.3. The number of hydrogen-bond acceptors (Lipinski definition) is 5. The molecule has 0 aliphatic carbocycles. The van der Waals surface area contributed by atoms with Gasteiger partial charge < -0.3 is 4.57 Å². The van der Waals surface area contributed by atoms with Crippen molar-refractivity contribution in [3.05, 3.63) is 156 Å². The Morgan fingerprint density at radius 2 is 1.00 bits per heavy atom. The summed E-state index contributed by atoms with van der Waals surface area (Å²) in [6.07, 6.45) is 0. The minimum Gasteiger partial charge on any atom is -0.309 e. The highest BCUT2D eigenvalue weighted by atomic mass is 19.1. The van der Waals surface area contributed by atoms with Crippen molar-refractivity contribution in [1.29, 1.82) is 10.5 Å². The zero-order valence-electron chi connectivity index (χ0n) is 25.3. The molecule has 48 heavy (non-hydrogen) atoms. The predicted octanol–water partition coefficient (Wildman–Crippen LogP) is 9.52. The molecule has 0 spiro atoms. The predicted molar refractivity (Wildman–Crippen MR) is 185 cm³/mol. The first kappa shape index (κ1) is 28.5. The van der Waals surface area contributed by atoms with Gasteiger partial charge in [-0.2, -0.15) is 10.5 Å². The van der Waals surface area contributed by atoms with E-state index in [9.17, 15) is 10.5 Å². The van der Waals surface area contributed by atoms with E-state index in [0.717, 1.165) is 38.6 Å². The minimum atomic E-state index is -0.364. The van der Waals surface area contributed by atoms with Gasteiger partial charge >= 0.3 is 0 Å². The number of nitriles is 2. The molecule has 0 radical (unpaired) electrons. The van der Waals surface area contributed by atoms with Crippen LogP contribution in [0.5, 0.6) is 0 Å². The molecule has 2 heterocycles. The standard InChI is InChI=1S/C41H23FN6/c42-36-14-8-7-13-32(36)31-18-17-30(48-37-19-15-26(24-43)21-33(37)34-22-27(25-44)16-20-38(34)48)23-35(31)41-46-39(28-9-3-1-4-10-28)45-40(47-41)29-11-5-2-6-12-29/h1-23H. The summed E-state index contributed by atoms with van der Waals surface area (Å²) in [6.45, 7) is 0. The zero-order chi connectivity index (χ0) is 32.6. The molecular weight excluding hydrogens is 595 g/mol. The van der Waals surface area contributed by atoms with Crippen molar-refractivity contribution in [2.45, 2.75) is 0 Å². The quantitative estimate of drug-likeness (QED) is 0.192. The van der Waals surface area contributed by atoms with Gasteiger partial charge in [0.1, 0.15) is 5.82 Å². The van der Waals surface area contributed by atoms with Gasteiger partial charge in [0.05, 0.1) is 34.3 Å². The van der Waals surface area contributed by atoms with Crippen LogP contribution in [-0.4, -0.2) is 19.5 Å². The number of aromatic nitrogens is 4. The highest BCUT2D eigenvalue weighted by Gasteiger charge is 2.20. The molecule has 0 N–H and O–H groups in total. The maximum atomic E-state index is 15.5. The van der Waals surface area contributed by atoms with E-state index in [1.165, 1.54) is 6.07 Å². The van der Waals surface area contributed by atoms with Crippen LogP contribution in [0.25, 0.3) is 72.8 Å². The highest BCUT2D eigenvalue weighted by Crippen LogP contribution is 2.38. The number of fused-ring (bicyclic) bond motifs is 3. The second-order valence-electron chi connectivity index (χ2n) is 11.3. The fourth-order valence-electron chi connectivity index (χ4n) is 6.14. The van der Waals surface area contributed by atoms with E-state index in [2.05, 4.69) is 16.7 Å². The summed E-state index contributed by atoms with van der Waals surface area (Å²) in [7, 11) is 0. The van der Waals surface area contributed by atoms with Crippen LogP contribution in [0.4, 0.5) is 4.39 Å². The molecular formula is C41H23FN6. The molecule has 2 aromatic heterocycles. The smallest absolute Gasteiger partial charge is 0.164 e. The van der Waals surface area contributed by atoms with Gasteiger partial charge in [0.2, 0.25) is 0 Å². The fourth-order valence-corrected chi connectivity index (χ4v) is 6.14. The molecule has 0 aliphatic rings. The van der Waals surface area contributed by atoms with Gasteiger partial charge in [-0.3, -0.25) is 0 Å². The summed E-state index contributed by atoms with van der Waals surface area (Å²) in [6, 6.07) is 47.4. The summed E-state index contributed by atoms with van der Waals surface area (Å²) in [5, 5.41) is 21.0. The second kappa shape index (κ2) is 11.8. The normalized spacial score (nSPS) is 11.0. The first-order chi connectivity index (χ1) is 23.6. The lowest BCUT2D eigenvalue weighted by Crippen LogP contribution is -2.03. The van der Waals surface area contributed by atoms with Crippen molar-refractivity contribution in [2.24, 2.45) is 0 Å². The molecule has 8 rings (SSSR count). The number of nitrogens with zero attached hydrogens (tertiary/aromatic N) is 6. The third-order valence-corrected chi connectivity index (χ3v) is 8.39. The van der Waals surface area contributed by atoms with Crippen LogP contribution in [0, 0.1) is 28.5 Å². The lowest BCUT2D eigenvalue weighted by molar-refractivity contribution is 0.631. The van der Waals surface area contributed by atoms with Crippen molar-refractivity contribution in [2.75, 3.05) is 0 Å². The Hall–Kier alpha value is -6.96. The molecule has 0 aliphatic heterocycles. The zero-order valence-corrected chi connectivity index (χ0v) is 25.3. The molecule has 0 fully saturated rings. The monoisotopic (exact) mass is 618 g/mol. The molecule has 0 unspecified atom stereocenters. The Morgan fingerprint density at radius 1 is 0.479 bits per heavy atom. The van der Waals surface area contributed by atoms with Crippen molar-refractivity contribution in [3.8, 4) is 63.1 Å². The molecule has 0 saturated heterocycles. The van der Waals surface area contributed by atoms with Crippen LogP contribution < -0.4 is 0 Å². The van der Waals surface area contributed by atoms with E-state index in [0.29, 0.717) is 45.3 Å². The van der Waals surface area contributed by atoms with Crippen LogP contribution in [0.3, 0.4) is 0 Å². The van der Waals surface area contributed by atoms with E-state index in [-0.39, 0.29) is 5.82 Å². The van der Waals surface area contributed by atoms with Gasteiger partial charge in [-0.15, -0.1) is 0 Å². The highest BCUT2D eigenvalue weighted by molar-refractivity contribution is 6.10. The number of benzene rings is 6. The maximum Gasteiger partial charge on any atom is 0.164 e. The number of rotatable bonds is 5. The first-order valence-corrected chi connectivity index (χ1v) is 15.3. The number of halogens is 1. The minimum absolute atomic E-state index is 0.364. The molecule has 7 heteroatoms. The third-order valence-electron chi connectivity index (χ3n) is 8.39. The van der Waals surface area contributed by atoms with Gasteiger partial charge in [0.25, 0.3) is 0 Å². The fraction of sp³-hybridized carbons (Fsp3) is 0. The molecule has 0 saturated carbocycles. The average molecular weight is 619 g/mol. The largest absolute Gasteiger partial charge is 0.309 e. The summed E-state index contributed by atoms with van der Waals surface area (Å²) in [5.41, 5.74) is 6.84. The summed E-state index contributed by atoms with van der Waals surface area (Å²) >= 11 is 0. The van der Waals surface area contributed by atoms with E-state index < -0.39 is 0 Å². The Bertz CT molecular complexity index is 2470. The molecule has 0 atom stereocenters. The van der Waals surface area contributed by atoms with E-state index in [4.69, 9.17) is 15.0 Å². The van der Waals surface area contributed by atoms with Crippen molar-refractivity contribution < 1.29 is 4.39 Å². The Kier molecular flexibility index (Phi) is 6.98. The van der Waals surface area contributed by atoms with E-state index >= 15 is 4.39 Å². The van der Waals surface area contributed by atoms with Gasteiger partial charge in [0.15, 0.2) is 17.5 Å². The van der Waals surface area contributed by atoms with Crippen molar-refractivity contribution in [1.82, 2.24) is 19.5 Å². The summed E-state index contributed by atoms with van der Waals surface area (Å²) in [5.74, 6) is 1.02. The van der Waals surface area contributed by atoms with Crippen LogP contribution in [0.15, 0.2) is 140 Å². The molecule has 0 amide bonds. The van der Waals surface area contributed by atoms with Crippen LogP contribution in [0.2, 0.25) is 0 Å². The topological polar surface area (TPSA) is 91.2 Å². The Labute approximate surface area is 275 Å². The third kappa shape index (κ3) is 4.93. The van der Waals surface area contributed by atoms with E-state index in [1.807, 2.05) is 103 Å². The lowest BCUT2D eigenvalue weighted by atomic mass is 9.97. The number of hydrogen-bond donors (Lipinski definition) is 0. The maximum absolute atomic E-state index is 15.5. The SMILES string of the molecule is N#Cc1ccc2c(c1)c1cc(C#N)ccc1n2-c1ccc(-c2ccccc2F)c(-c2nc(-c3ccccc3)nc(-c3ccccc3)n2)c1. The average Bonchev–Trinajstić information content (AvgIpc) is 3.48. The van der Waals surface area contributed by atoms with E-state index in [1.54, 1.807) is 30.3 Å². The molecule has 6 nitrogen and oxygen atoms in total. The molecule has 6 aromatic carbocycles. The van der Waals surface area contributed by atoms with Gasteiger partial charge in [-0.05, 0) is 60.2 Å². The lowest BCUT2D eigenvalue weighted by Gasteiger charge is -2.16. The molecule has 0 bridgehead atoms. The molecule has 8 aromatic rings. The van der Waals surface area contributed by atoms with Gasteiger partial charge in [0, 0.05) is 38.7 Å². The summed E-state index contributed by atoms with van der Waals surface area (Å²) < 4.78 is 17.6. The van der Waals surface area contributed by atoms with Crippen LogP contribution >= 0.6 is 0 Å². The summed E-state index contributed by atoms with van der Waals surface area (Å²) in [4.78, 5) is 14.8. The van der Waals surface area contributed by atoms with Crippen LogP contribution in [0.1, 0.15) is 11.1 Å².